The second-order valence-corrected chi connectivity index (χ2v) is 14.9. The Hall–Kier alpha value is -2.54. The molecule has 0 radical (unpaired) electrons. The summed E-state index contributed by atoms with van der Waals surface area (Å²) < 4.78 is 22.9. The standard InChI is InChI=1S/C44H74O7/c1-6-8-20-26-38-32-35(3)40(49-38)27-22-16-12-10-11-13-18-24-30-43(46)48-34-39(33-45)50-44(47)31-25-19-15-14-17-23-29-42-37(5)36(4)41(51-42)28-21-9-7-2/h32,39,45H,6-31,33-34H2,1-5H3/t39-/m0/s1. The minimum Gasteiger partial charge on any atom is -0.466 e. The van der Waals surface area contributed by atoms with Crippen LogP contribution < -0.4 is 0 Å². The third kappa shape index (κ3) is 19.8. The molecule has 0 bridgehead atoms. The monoisotopic (exact) mass is 715 g/mol. The van der Waals surface area contributed by atoms with Gasteiger partial charge in [0, 0.05) is 38.5 Å². The van der Waals surface area contributed by atoms with Crippen molar-refractivity contribution in [3.8, 4) is 0 Å². The van der Waals surface area contributed by atoms with E-state index in [1.807, 2.05) is 0 Å². The van der Waals surface area contributed by atoms with Gasteiger partial charge in [-0.2, -0.15) is 0 Å². The number of aryl methyl sites for hydroxylation is 5. The van der Waals surface area contributed by atoms with Crippen LogP contribution in [0.3, 0.4) is 0 Å². The highest BCUT2D eigenvalue weighted by molar-refractivity contribution is 5.70. The maximum Gasteiger partial charge on any atom is 0.306 e. The lowest BCUT2D eigenvalue weighted by Gasteiger charge is -2.15. The fraction of sp³-hybridized carbons (Fsp3) is 0.773. The largest absolute Gasteiger partial charge is 0.466 e. The normalized spacial score (nSPS) is 12.0. The minimum absolute atomic E-state index is 0.0896. The van der Waals surface area contributed by atoms with Crippen molar-refractivity contribution in [2.24, 2.45) is 0 Å². The number of ether oxygens (including phenoxy) is 2. The van der Waals surface area contributed by atoms with Crippen molar-refractivity contribution in [2.75, 3.05) is 13.2 Å². The average Bonchev–Trinajstić information content (AvgIpc) is 3.61. The summed E-state index contributed by atoms with van der Waals surface area (Å²) in [6, 6.07) is 2.22. The Kier molecular flexibility index (Phi) is 24.5. The highest BCUT2D eigenvalue weighted by Crippen LogP contribution is 2.25. The molecule has 292 valence electrons. The molecule has 1 atom stereocenters. The summed E-state index contributed by atoms with van der Waals surface area (Å²) in [6.45, 7) is 10.5. The molecule has 7 nitrogen and oxygen atoms in total. The molecule has 7 heteroatoms. The van der Waals surface area contributed by atoms with Gasteiger partial charge in [0.25, 0.3) is 0 Å². The van der Waals surface area contributed by atoms with Crippen molar-refractivity contribution in [1.82, 2.24) is 0 Å². The summed E-state index contributed by atoms with van der Waals surface area (Å²) in [4.78, 5) is 24.5. The topological polar surface area (TPSA) is 99.1 Å². The van der Waals surface area contributed by atoms with Gasteiger partial charge in [0.05, 0.1) is 6.61 Å². The molecule has 0 aliphatic rings. The average molecular weight is 715 g/mol. The third-order valence-electron chi connectivity index (χ3n) is 10.3. The van der Waals surface area contributed by atoms with Gasteiger partial charge in [-0.25, -0.2) is 0 Å². The van der Waals surface area contributed by atoms with Gasteiger partial charge in [0.1, 0.15) is 29.6 Å². The highest BCUT2D eigenvalue weighted by atomic mass is 16.6. The molecule has 2 aromatic heterocycles. The maximum atomic E-state index is 12.3. The predicted molar refractivity (Wildman–Crippen MR) is 207 cm³/mol. The van der Waals surface area contributed by atoms with Crippen molar-refractivity contribution in [3.05, 3.63) is 45.8 Å². The molecule has 2 aromatic rings. The van der Waals surface area contributed by atoms with Gasteiger partial charge in [-0.1, -0.05) is 104 Å². The molecule has 0 aromatic carbocycles. The van der Waals surface area contributed by atoms with Crippen LogP contribution in [0.2, 0.25) is 0 Å². The van der Waals surface area contributed by atoms with Gasteiger partial charge >= 0.3 is 11.9 Å². The molecular formula is C44H74O7. The van der Waals surface area contributed by atoms with Crippen molar-refractivity contribution in [3.63, 3.8) is 0 Å². The number of unbranched alkanes of at least 4 members (excludes halogenated alkanes) is 16. The minimum atomic E-state index is -0.799. The molecule has 51 heavy (non-hydrogen) atoms. The van der Waals surface area contributed by atoms with E-state index in [1.54, 1.807) is 0 Å². The SMILES string of the molecule is CCCCCc1cc(C)c(CCCCCCCCCCC(=O)OC[C@H](CO)OC(=O)CCCCCCCCc2oc(CCCCC)c(C)c2C)o1. The van der Waals surface area contributed by atoms with Crippen molar-refractivity contribution in [2.45, 2.75) is 208 Å². The van der Waals surface area contributed by atoms with E-state index in [2.05, 4.69) is 40.7 Å². The van der Waals surface area contributed by atoms with E-state index >= 15 is 0 Å². The molecule has 2 heterocycles. The Bertz CT molecular complexity index is 1190. The summed E-state index contributed by atoms with van der Waals surface area (Å²) in [5.41, 5.74) is 3.95. The number of aliphatic hydroxyl groups is 1. The van der Waals surface area contributed by atoms with Gasteiger partial charge in [-0.3, -0.25) is 9.59 Å². The molecular weight excluding hydrogens is 640 g/mol. The zero-order chi connectivity index (χ0) is 37.1. The lowest BCUT2D eigenvalue weighted by atomic mass is 10.0. The molecule has 0 fully saturated rings. The number of furan rings is 2. The summed E-state index contributed by atoms with van der Waals surface area (Å²) in [5.74, 6) is 4.01. The molecule has 0 saturated carbocycles. The van der Waals surface area contributed by atoms with Crippen LogP contribution in [0.5, 0.6) is 0 Å². The zero-order valence-corrected chi connectivity index (χ0v) is 33.4. The quantitative estimate of drug-likeness (QED) is 0.0595. The van der Waals surface area contributed by atoms with E-state index in [4.69, 9.17) is 18.3 Å². The first-order valence-corrected chi connectivity index (χ1v) is 20.9. The second kappa shape index (κ2) is 28.0. The molecule has 0 aliphatic heterocycles. The Morgan fingerprint density at radius 3 is 1.57 bits per heavy atom. The first-order chi connectivity index (χ1) is 24.8. The molecule has 0 spiro atoms. The van der Waals surface area contributed by atoms with E-state index in [0.29, 0.717) is 12.8 Å². The fourth-order valence-electron chi connectivity index (χ4n) is 6.75. The van der Waals surface area contributed by atoms with Gasteiger partial charge in [0.15, 0.2) is 6.10 Å². The van der Waals surface area contributed by atoms with Crippen molar-refractivity contribution in [1.29, 1.82) is 0 Å². The van der Waals surface area contributed by atoms with Gasteiger partial charge in [0.2, 0.25) is 0 Å². The van der Waals surface area contributed by atoms with E-state index in [-0.39, 0.29) is 25.2 Å². The van der Waals surface area contributed by atoms with Gasteiger partial charge in [-0.05, 0) is 82.1 Å². The lowest BCUT2D eigenvalue weighted by Crippen LogP contribution is -2.28. The smallest absolute Gasteiger partial charge is 0.306 e. The van der Waals surface area contributed by atoms with Crippen LogP contribution in [0.25, 0.3) is 0 Å². The van der Waals surface area contributed by atoms with E-state index in [0.717, 1.165) is 95.0 Å². The Balaban J connectivity index is 1.41. The predicted octanol–water partition coefficient (Wildman–Crippen LogP) is 11.7. The number of carbonyl (C=O) groups excluding carboxylic acids is 2. The molecule has 0 unspecified atom stereocenters. The van der Waals surface area contributed by atoms with E-state index < -0.39 is 6.10 Å². The fourth-order valence-corrected chi connectivity index (χ4v) is 6.75. The maximum absolute atomic E-state index is 12.3. The summed E-state index contributed by atoms with van der Waals surface area (Å²) in [6.07, 6.45) is 26.6. The number of hydrogen-bond acceptors (Lipinski definition) is 7. The number of carbonyl (C=O) groups is 2. The molecule has 2 rings (SSSR count). The third-order valence-corrected chi connectivity index (χ3v) is 10.3. The van der Waals surface area contributed by atoms with Crippen LogP contribution in [0.1, 0.15) is 195 Å². The zero-order valence-electron chi connectivity index (χ0n) is 33.4. The molecule has 0 amide bonds. The van der Waals surface area contributed by atoms with Crippen LogP contribution in [0.15, 0.2) is 14.9 Å². The highest BCUT2D eigenvalue weighted by Gasteiger charge is 2.17. The Morgan fingerprint density at radius 1 is 0.588 bits per heavy atom. The molecule has 1 N–H and O–H groups in total. The molecule has 0 saturated heterocycles. The van der Waals surface area contributed by atoms with Crippen LogP contribution >= 0.6 is 0 Å². The lowest BCUT2D eigenvalue weighted by molar-refractivity contribution is -0.161. The van der Waals surface area contributed by atoms with Crippen LogP contribution in [-0.4, -0.2) is 36.4 Å². The summed E-state index contributed by atoms with van der Waals surface area (Å²) in [7, 11) is 0. The number of esters is 2. The number of aliphatic hydroxyl groups excluding tert-OH is 1. The summed E-state index contributed by atoms with van der Waals surface area (Å²) in [5, 5.41) is 9.62. The first-order valence-electron chi connectivity index (χ1n) is 20.9. The number of hydrogen-bond donors (Lipinski definition) is 1. The van der Waals surface area contributed by atoms with E-state index in [1.165, 1.54) is 98.8 Å². The number of rotatable bonds is 32. The second-order valence-electron chi connectivity index (χ2n) is 14.9. The van der Waals surface area contributed by atoms with Crippen LogP contribution in [0.4, 0.5) is 0 Å². The molecule has 0 aliphatic carbocycles. The van der Waals surface area contributed by atoms with Gasteiger partial charge in [-0.15, -0.1) is 0 Å². The van der Waals surface area contributed by atoms with E-state index in [9.17, 15) is 14.7 Å². The van der Waals surface area contributed by atoms with Crippen LogP contribution in [-0.2, 0) is 44.7 Å². The van der Waals surface area contributed by atoms with Crippen molar-refractivity contribution >= 4 is 11.9 Å². The van der Waals surface area contributed by atoms with Gasteiger partial charge < -0.3 is 23.4 Å². The van der Waals surface area contributed by atoms with Crippen molar-refractivity contribution < 1.29 is 33.0 Å². The first kappa shape index (κ1) is 44.6. The Labute approximate surface area is 311 Å². The Morgan fingerprint density at radius 2 is 1.04 bits per heavy atom. The van der Waals surface area contributed by atoms with Crippen LogP contribution in [0, 0.1) is 20.8 Å². The summed E-state index contributed by atoms with van der Waals surface area (Å²) >= 11 is 0.